The van der Waals surface area contributed by atoms with Gasteiger partial charge in [-0.05, 0) is 0 Å². The second-order valence-corrected chi connectivity index (χ2v) is 19.1. The van der Waals surface area contributed by atoms with Gasteiger partial charge in [0, 0.05) is 0 Å². The molecule has 6 rings (SSSR count). The summed E-state index contributed by atoms with van der Waals surface area (Å²) in [5, 5.41) is 0. The quantitative estimate of drug-likeness (QED) is 0.0723. The fourth-order valence-corrected chi connectivity index (χ4v) is 12.3. The van der Waals surface area contributed by atoms with Crippen molar-refractivity contribution in [3.05, 3.63) is 179 Å². The molecule has 0 unspecified atom stereocenters. The average molecular weight is 851 g/mol. The van der Waals surface area contributed by atoms with Gasteiger partial charge in [-0.2, -0.15) is 0 Å². The predicted octanol–water partition coefficient (Wildman–Crippen LogP) is 14.3. The number of aryl methyl sites for hydroxylation is 6. The van der Waals surface area contributed by atoms with Crippen molar-refractivity contribution in [2.24, 2.45) is 4.52 Å². The Morgan fingerprint density at radius 3 is 0.915 bits per heavy atom. The normalized spacial score (nSPS) is 11.6. The molecule has 0 atom stereocenters. The molecule has 0 aromatic heterocycles. The maximum atomic E-state index is 7.08. The standard InChI is InChI=1S/C48H57N2O6P3/c1-7-37-13-25-43(26-14-37)51-57(52-44-27-15-38(8-2)16-28-44)49-59(55-47-33-21-41(11-5)22-34-47,56-48-35-23-42(12-6)24-36-48)50-58(53-45-29-17-39(9-3)18-30-45)54-46-31-19-40(10-4)20-32-46/h13-36,49,58-59H,7-12H2,1-6H3. The number of hydrogen-bond acceptors (Lipinski definition) is 8. The summed E-state index contributed by atoms with van der Waals surface area (Å²) in [5.74, 6) is 3.61. The third-order valence-corrected chi connectivity index (χ3v) is 16.1. The molecule has 0 heterocycles. The van der Waals surface area contributed by atoms with Crippen LogP contribution in [0.25, 0.3) is 0 Å². The Kier molecular flexibility index (Phi) is 16.3. The number of hydrogen-bond donors (Lipinski definition) is 1. The minimum atomic E-state index is -4.20. The Morgan fingerprint density at radius 1 is 0.390 bits per heavy atom. The fraction of sp³-hybridized carbons (Fsp3) is 0.250. The predicted molar refractivity (Wildman–Crippen MR) is 248 cm³/mol. The summed E-state index contributed by atoms with van der Waals surface area (Å²) in [4.78, 5) is 3.63. The summed E-state index contributed by atoms with van der Waals surface area (Å²) in [5.41, 5.74) is 7.13. The van der Waals surface area contributed by atoms with E-state index in [0.717, 1.165) is 38.5 Å². The van der Waals surface area contributed by atoms with Crippen molar-refractivity contribution in [1.82, 2.24) is 4.86 Å². The fourth-order valence-electron chi connectivity index (χ4n) is 5.96. The van der Waals surface area contributed by atoms with E-state index in [1.807, 2.05) is 97.1 Å². The van der Waals surface area contributed by atoms with Gasteiger partial charge >= 0.3 is 355 Å². The first kappa shape index (κ1) is 43.7. The SMILES string of the molecule is CCc1ccc(OP(N[PH](N=[PH](Oc2ccc(CC)cc2)Oc2ccc(CC)cc2)(Oc2ccc(CC)cc2)Oc2ccc(CC)cc2)Oc2ccc(CC)cc2)cc1. The monoisotopic (exact) mass is 850 g/mol. The molecule has 6 aromatic carbocycles. The number of benzene rings is 6. The van der Waals surface area contributed by atoms with Crippen LogP contribution in [0.2, 0.25) is 0 Å². The first-order valence-electron chi connectivity index (χ1n) is 20.6. The Balaban J connectivity index is 1.53. The van der Waals surface area contributed by atoms with Crippen LogP contribution in [0.1, 0.15) is 74.9 Å². The molecular formula is C48H57N2O6P3. The van der Waals surface area contributed by atoms with Gasteiger partial charge in [-0.3, -0.25) is 0 Å². The van der Waals surface area contributed by atoms with Crippen molar-refractivity contribution in [3.8, 4) is 34.5 Å². The molecule has 6 aromatic rings. The van der Waals surface area contributed by atoms with E-state index in [2.05, 4.69) is 94.9 Å². The first-order valence-corrected chi connectivity index (χ1v) is 24.8. The maximum absolute atomic E-state index is 7.08. The number of rotatable bonds is 21. The molecule has 0 saturated heterocycles. The van der Waals surface area contributed by atoms with Gasteiger partial charge < -0.3 is 0 Å². The second kappa shape index (κ2) is 22.0. The van der Waals surface area contributed by atoms with E-state index in [1.165, 1.54) is 33.4 Å². The summed E-state index contributed by atoms with van der Waals surface area (Å²) in [6.45, 7) is 12.8. The summed E-state index contributed by atoms with van der Waals surface area (Å²) >= 11 is 0. The van der Waals surface area contributed by atoms with Crippen LogP contribution in [0, 0.1) is 0 Å². The van der Waals surface area contributed by atoms with Crippen LogP contribution < -0.4 is 32.0 Å². The van der Waals surface area contributed by atoms with Gasteiger partial charge in [-0.1, -0.05) is 0 Å². The second-order valence-electron chi connectivity index (χ2n) is 13.9. The molecule has 59 heavy (non-hydrogen) atoms. The molecule has 0 spiro atoms. The van der Waals surface area contributed by atoms with Crippen molar-refractivity contribution in [2.45, 2.75) is 80.1 Å². The Labute approximate surface area is 353 Å². The molecule has 0 aliphatic heterocycles. The van der Waals surface area contributed by atoms with E-state index in [1.54, 1.807) is 0 Å². The van der Waals surface area contributed by atoms with E-state index in [9.17, 15) is 0 Å². The molecule has 0 saturated carbocycles. The average Bonchev–Trinajstić information content (AvgIpc) is 3.28. The summed E-state index contributed by atoms with van der Waals surface area (Å²) in [7, 11) is -8.87. The minimum absolute atomic E-state index is 0.561. The van der Waals surface area contributed by atoms with Crippen molar-refractivity contribution in [3.63, 3.8) is 0 Å². The Morgan fingerprint density at radius 2 is 0.644 bits per heavy atom. The van der Waals surface area contributed by atoms with Gasteiger partial charge in [0.15, 0.2) is 0 Å². The molecule has 11 heteroatoms. The van der Waals surface area contributed by atoms with Crippen LogP contribution in [0.3, 0.4) is 0 Å². The van der Waals surface area contributed by atoms with Crippen LogP contribution in [0.5, 0.6) is 34.5 Å². The molecule has 0 bridgehead atoms. The summed E-state index contributed by atoms with van der Waals surface area (Å²) in [6, 6.07) is 48.0. The van der Waals surface area contributed by atoms with E-state index in [0.29, 0.717) is 34.5 Å². The third-order valence-electron chi connectivity index (χ3n) is 9.76. The zero-order valence-corrected chi connectivity index (χ0v) is 37.8. The van der Waals surface area contributed by atoms with Gasteiger partial charge in [-0.15, -0.1) is 0 Å². The first-order chi connectivity index (χ1) is 28.8. The van der Waals surface area contributed by atoms with Crippen LogP contribution in [-0.2, 0) is 38.5 Å². The van der Waals surface area contributed by atoms with Crippen molar-refractivity contribution in [2.75, 3.05) is 0 Å². The van der Waals surface area contributed by atoms with Gasteiger partial charge in [0.2, 0.25) is 0 Å². The number of nitrogens with zero attached hydrogens (tertiary/aromatic N) is 1. The van der Waals surface area contributed by atoms with Crippen molar-refractivity contribution < 1.29 is 27.1 Å². The van der Waals surface area contributed by atoms with Crippen molar-refractivity contribution >= 4 is 24.7 Å². The van der Waals surface area contributed by atoms with Gasteiger partial charge in [0.05, 0.1) is 0 Å². The third kappa shape index (κ3) is 13.1. The van der Waals surface area contributed by atoms with Gasteiger partial charge in [-0.25, -0.2) is 0 Å². The molecule has 0 amide bonds. The molecule has 310 valence electrons. The molecule has 1 N–H and O–H groups in total. The Bertz CT molecular complexity index is 2050. The molecular weight excluding hydrogens is 793 g/mol. The summed E-state index contributed by atoms with van der Waals surface area (Å²) in [6.07, 6.45) is 5.40. The van der Waals surface area contributed by atoms with E-state index < -0.39 is 24.7 Å². The van der Waals surface area contributed by atoms with Gasteiger partial charge in [0.25, 0.3) is 0 Å². The molecule has 0 radical (unpaired) electrons. The Hall–Kier alpha value is -4.83. The van der Waals surface area contributed by atoms with Crippen LogP contribution in [0.4, 0.5) is 0 Å². The topological polar surface area (TPSA) is 79.8 Å². The molecule has 0 fully saturated rings. The van der Waals surface area contributed by atoms with E-state index in [-0.39, 0.29) is 0 Å². The summed E-state index contributed by atoms with van der Waals surface area (Å²) < 4.78 is 46.5. The van der Waals surface area contributed by atoms with Gasteiger partial charge in [0.1, 0.15) is 0 Å². The molecule has 0 aliphatic carbocycles. The van der Waals surface area contributed by atoms with Crippen LogP contribution in [0.15, 0.2) is 150 Å². The van der Waals surface area contributed by atoms with Crippen molar-refractivity contribution in [1.29, 1.82) is 0 Å². The van der Waals surface area contributed by atoms with Crippen LogP contribution in [-0.4, -0.2) is 0 Å². The number of nitrogens with one attached hydrogen (secondary N) is 1. The van der Waals surface area contributed by atoms with E-state index in [4.69, 9.17) is 31.7 Å². The molecule has 8 nitrogen and oxygen atoms in total. The van der Waals surface area contributed by atoms with E-state index >= 15 is 0 Å². The molecule has 0 aliphatic rings. The zero-order chi connectivity index (χ0) is 41.5. The zero-order valence-electron chi connectivity index (χ0n) is 34.9. The van der Waals surface area contributed by atoms with Crippen LogP contribution >= 0.6 is 24.7 Å².